The van der Waals surface area contributed by atoms with Gasteiger partial charge in [-0.15, -0.1) is 11.6 Å². The van der Waals surface area contributed by atoms with Crippen LogP contribution in [0, 0.1) is 0 Å². The Morgan fingerprint density at radius 3 is 2.47 bits per heavy atom. The van der Waals surface area contributed by atoms with Gasteiger partial charge in [0.1, 0.15) is 18.5 Å². The van der Waals surface area contributed by atoms with E-state index in [1.54, 1.807) is 25.3 Å². The number of hydrogen-bond acceptors (Lipinski definition) is 6. The molecular formula is C27H33ClN2O6. The third-order valence-electron chi connectivity index (χ3n) is 6.64. The number of rotatable bonds is 9. The van der Waals surface area contributed by atoms with Gasteiger partial charge in [0.2, 0.25) is 11.8 Å². The van der Waals surface area contributed by atoms with Crippen LogP contribution in [0.25, 0.3) is 0 Å². The number of alkyl halides is 1. The van der Waals surface area contributed by atoms with Crippen molar-refractivity contribution in [3.05, 3.63) is 48.0 Å². The second-order valence-electron chi connectivity index (χ2n) is 9.04. The Hall–Kier alpha value is -3.13. The van der Waals surface area contributed by atoms with E-state index in [1.807, 2.05) is 24.3 Å². The van der Waals surface area contributed by atoms with E-state index in [2.05, 4.69) is 5.32 Å². The monoisotopic (exact) mass is 516 g/mol. The molecule has 8 nitrogen and oxygen atoms in total. The number of nitrogens with zero attached hydrogens (tertiary/aromatic N) is 1. The Bertz CT molecular complexity index is 1060. The molecule has 1 N–H and O–H groups in total. The predicted octanol–water partition coefficient (Wildman–Crippen LogP) is 4.10. The number of hydrogen-bond donors (Lipinski definition) is 1. The van der Waals surface area contributed by atoms with Gasteiger partial charge < -0.3 is 29.2 Å². The summed E-state index contributed by atoms with van der Waals surface area (Å²) in [5.74, 6) is 1.34. The van der Waals surface area contributed by atoms with Crippen molar-refractivity contribution < 1.29 is 28.5 Å². The number of carbonyl (C=O) groups excluding carboxylic acids is 2. The zero-order chi connectivity index (χ0) is 25.5. The van der Waals surface area contributed by atoms with Crippen molar-refractivity contribution in [2.24, 2.45) is 0 Å². The van der Waals surface area contributed by atoms with Gasteiger partial charge in [-0.3, -0.25) is 9.59 Å². The summed E-state index contributed by atoms with van der Waals surface area (Å²) >= 11 is 6.04. The maximum Gasteiger partial charge on any atom is 0.247 e. The van der Waals surface area contributed by atoms with Gasteiger partial charge in [0.25, 0.3) is 0 Å². The summed E-state index contributed by atoms with van der Waals surface area (Å²) in [5.41, 5.74) is 0.594. The largest absolute Gasteiger partial charge is 0.493 e. The van der Waals surface area contributed by atoms with Gasteiger partial charge in [-0.05, 0) is 42.7 Å². The molecule has 1 fully saturated rings. The summed E-state index contributed by atoms with van der Waals surface area (Å²) in [6, 6.07) is 11.7. The van der Waals surface area contributed by atoms with Gasteiger partial charge >= 0.3 is 0 Å². The van der Waals surface area contributed by atoms with Crippen molar-refractivity contribution >= 4 is 23.4 Å². The molecule has 2 aromatic rings. The molecule has 2 aromatic carbocycles. The number of para-hydroxylation sites is 2. The molecule has 194 valence electrons. The van der Waals surface area contributed by atoms with Gasteiger partial charge in [0.15, 0.2) is 29.1 Å². The third-order valence-corrected chi connectivity index (χ3v) is 6.87. The Kier molecular flexibility index (Phi) is 8.80. The van der Waals surface area contributed by atoms with Crippen LogP contribution in [-0.2, 0) is 9.59 Å². The number of halogens is 1. The van der Waals surface area contributed by atoms with E-state index in [0.717, 1.165) is 25.7 Å². The molecular weight excluding hydrogens is 484 g/mol. The molecule has 0 spiro atoms. The molecule has 2 aliphatic rings. The molecule has 4 rings (SSSR count). The number of amides is 2. The minimum absolute atomic E-state index is 0.0722. The summed E-state index contributed by atoms with van der Waals surface area (Å²) in [6.45, 7) is 0.364. The van der Waals surface area contributed by atoms with Crippen LogP contribution in [0.3, 0.4) is 0 Å². The molecule has 1 aliphatic carbocycles. The minimum atomic E-state index is -0.932. The van der Waals surface area contributed by atoms with Crippen LogP contribution in [0.4, 0.5) is 0 Å². The van der Waals surface area contributed by atoms with Crippen LogP contribution in [0.2, 0.25) is 0 Å². The summed E-state index contributed by atoms with van der Waals surface area (Å²) in [5, 5.41) is 3.18. The van der Waals surface area contributed by atoms with Gasteiger partial charge in [-0.2, -0.15) is 0 Å². The Balaban J connectivity index is 1.65. The molecule has 0 radical (unpaired) electrons. The highest BCUT2D eigenvalue weighted by Gasteiger charge is 2.36. The summed E-state index contributed by atoms with van der Waals surface area (Å²) in [7, 11) is 3.08. The van der Waals surface area contributed by atoms with E-state index in [0.29, 0.717) is 28.6 Å². The lowest BCUT2D eigenvalue weighted by Crippen LogP contribution is -2.51. The zero-order valence-electron chi connectivity index (χ0n) is 20.7. The van der Waals surface area contributed by atoms with Crippen molar-refractivity contribution in [3.63, 3.8) is 0 Å². The van der Waals surface area contributed by atoms with Crippen molar-refractivity contribution in [2.75, 3.05) is 33.3 Å². The molecule has 2 atom stereocenters. The number of methoxy groups -OCH3 is 2. The Morgan fingerprint density at radius 2 is 1.78 bits per heavy atom. The van der Waals surface area contributed by atoms with E-state index in [9.17, 15) is 9.59 Å². The highest BCUT2D eigenvalue weighted by Crippen LogP contribution is 2.35. The highest BCUT2D eigenvalue weighted by molar-refractivity contribution is 6.27. The molecule has 0 aromatic heterocycles. The van der Waals surface area contributed by atoms with Crippen LogP contribution in [0.15, 0.2) is 42.5 Å². The fraction of sp³-hybridized carbons (Fsp3) is 0.481. The lowest BCUT2D eigenvalue weighted by Gasteiger charge is -2.36. The number of carbonyl (C=O) groups is 2. The first-order valence-electron chi connectivity index (χ1n) is 12.3. The van der Waals surface area contributed by atoms with Crippen LogP contribution >= 0.6 is 11.6 Å². The van der Waals surface area contributed by atoms with Crippen molar-refractivity contribution in [1.29, 1.82) is 0 Å². The van der Waals surface area contributed by atoms with Crippen LogP contribution < -0.4 is 24.3 Å². The van der Waals surface area contributed by atoms with E-state index in [1.165, 1.54) is 18.4 Å². The highest BCUT2D eigenvalue weighted by atomic mass is 35.5. The fourth-order valence-electron chi connectivity index (χ4n) is 4.82. The summed E-state index contributed by atoms with van der Waals surface area (Å²) in [6.07, 6.45) is 4.68. The molecule has 0 saturated heterocycles. The number of ether oxygens (including phenoxy) is 4. The van der Waals surface area contributed by atoms with Gasteiger partial charge in [0.05, 0.1) is 20.8 Å². The molecule has 1 aliphatic heterocycles. The van der Waals surface area contributed by atoms with Crippen molar-refractivity contribution in [2.45, 2.75) is 50.3 Å². The quantitative estimate of drug-likeness (QED) is 0.505. The second-order valence-corrected chi connectivity index (χ2v) is 9.31. The van der Waals surface area contributed by atoms with Gasteiger partial charge in [-0.25, -0.2) is 0 Å². The number of nitrogens with one attached hydrogen (secondary N) is 1. The standard InChI is InChI=1S/C27H33ClN2O6/c1-33-21-13-12-18(14-24(21)34-2)26(27(32)29-19-8-4-3-5-9-19)30(25(31)15-28)16-20-17-35-22-10-6-7-11-23(22)36-20/h6-7,10-14,19-20,26H,3-5,8-9,15-17H2,1-2H3,(H,29,32)/t20-,26+/m1/s1. The Morgan fingerprint density at radius 1 is 1.06 bits per heavy atom. The average Bonchev–Trinajstić information content (AvgIpc) is 2.92. The molecule has 0 unspecified atom stereocenters. The molecule has 0 bridgehead atoms. The smallest absolute Gasteiger partial charge is 0.247 e. The van der Waals surface area contributed by atoms with E-state index in [-0.39, 0.29) is 36.9 Å². The third kappa shape index (κ3) is 5.98. The lowest BCUT2D eigenvalue weighted by molar-refractivity contribution is -0.141. The first kappa shape index (κ1) is 25.9. The number of benzene rings is 2. The zero-order valence-corrected chi connectivity index (χ0v) is 21.5. The Labute approximate surface area is 216 Å². The maximum absolute atomic E-state index is 13.8. The normalized spacial score (nSPS) is 18.1. The molecule has 36 heavy (non-hydrogen) atoms. The van der Waals surface area contributed by atoms with E-state index < -0.39 is 12.1 Å². The number of fused-ring (bicyclic) bond motifs is 1. The molecule has 1 saturated carbocycles. The molecule has 2 amide bonds. The first-order valence-corrected chi connectivity index (χ1v) is 12.8. The maximum atomic E-state index is 13.8. The van der Waals surface area contributed by atoms with Crippen LogP contribution in [-0.4, -0.2) is 62.1 Å². The van der Waals surface area contributed by atoms with Crippen molar-refractivity contribution in [1.82, 2.24) is 10.2 Å². The van der Waals surface area contributed by atoms with Gasteiger partial charge in [0, 0.05) is 6.04 Å². The predicted molar refractivity (Wildman–Crippen MR) is 136 cm³/mol. The topological polar surface area (TPSA) is 86.3 Å². The minimum Gasteiger partial charge on any atom is -0.493 e. The first-order chi connectivity index (χ1) is 17.5. The second kappa shape index (κ2) is 12.2. The van der Waals surface area contributed by atoms with Crippen LogP contribution in [0.1, 0.15) is 43.7 Å². The van der Waals surface area contributed by atoms with Gasteiger partial charge in [-0.1, -0.05) is 37.5 Å². The van der Waals surface area contributed by atoms with Crippen molar-refractivity contribution in [3.8, 4) is 23.0 Å². The van der Waals surface area contributed by atoms with E-state index in [4.69, 9.17) is 30.5 Å². The molecule has 1 heterocycles. The summed E-state index contributed by atoms with van der Waals surface area (Å²) in [4.78, 5) is 28.4. The van der Waals surface area contributed by atoms with Crippen LogP contribution in [0.5, 0.6) is 23.0 Å². The SMILES string of the molecule is COc1ccc([C@@H](C(=O)NC2CCCCC2)N(C[C@@H]2COc3ccccc3O2)C(=O)CCl)cc1OC. The lowest BCUT2D eigenvalue weighted by atomic mass is 9.94. The average molecular weight is 517 g/mol. The van der Waals surface area contributed by atoms with E-state index >= 15 is 0 Å². The molecule has 9 heteroatoms. The fourth-order valence-corrected chi connectivity index (χ4v) is 4.98. The summed E-state index contributed by atoms with van der Waals surface area (Å²) < 4.78 is 22.8.